The van der Waals surface area contributed by atoms with E-state index in [1.807, 2.05) is 14.0 Å². The molecule has 0 heterocycles. The third-order valence-corrected chi connectivity index (χ3v) is 1.77. The Morgan fingerprint density at radius 3 is 2.67 bits per heavy atom. The van der Waals surface area contributed by atoms with Gasteiger partial charge in [-0.05, 0) is 26.8 Å². The molecule has 0 saturated carbocycles. The number of rotatable bonds is 7. The van der Waals surface area contributed by atoms with Crippen LogP contribution >= 0.6 is 0 Å². The summed E-state index contributed by atoms with van der Waals surface area (Å²) < 4.78 is 5.62. The molecule has 0 aliphatic rings. The zero-order valence-corrected chi connectivity index (χ0v) is 8.52. The largest absolute Gasteiger partial charge is 0.377 e. The van der Waals surface area contributed by atoms with E-state index in [1.54, 1.807) is 0 Å². The maximum Gasteiger partial charge on any atom is 0.0696 e. The molecule has 1 unspecified atom stereocenters. The van der Waals surface area contributed by atoms with Gasteiger partial charge in [0.25, 0.3) is 0 Å². The van der Waals surface area contributed by atoms with Gasteiger partial charge in [-0.15, -0.1) is 6.58 Å². The van der Waals surface area contributed by atoms with Crippen LogP contribution in [-0.4, -0.2) is 26.3 Å². The lowest BCUT2D eigenvalue weighted by Crippen LogP contribution is -2.26. The van der Waals surface area contributed by atoms with Crippen LogP contribution in [0.1, 0.15) is 26.7 Å². The van der Waals surface area contributed by atoms with E-state index in [0.29, 0.717) is 6.10 Å². The number of ether oxygens (including phenoxy) is 1. The van der Waals surface area contributed by atoms with E-state index in [2.05, 4.69) is 18.8 Å². The van der Waals surface area contributed by atoms with Gasteiger partial charge in [0.1, 0.15) is 0 Å². The van der Waals surface area contributed by atoms with Crippen LogP contribution in [-0.2, 0) is 4.74 Å². The molecule has 0 aliphatic heterocycles. The number of nitrogens with one attached hydrogen (secondary N) is 1. The maximum atomic E-state index is 5.62. The Bertz CT molecular complexity index is 123. The Kier molecular flexibility index (Phi) is 7.11. The van der Waals surface area contributed by atoms with Crippen molar-refractivity contribution >= 4 is 0 Å². The third kappa shape index (κ3) is 6.38. The number of hydrogen-bond donors (Lipinski definition) is 1. The molecule has 0 rings (SSSR count). The van der Waals surface area contributed by atoms with Crippen LogP contribution in [0.5, 0.6) is 0 Å². The van der Waals surface area contributed by atoms with Gasteiger partial charge in [-0.3, -0.25) is 0 Å². The van der Waals surface area contributed by atoms with E-state index in [9.17, 15) is 0 Å². The average Bonchev–Trinajstić information content (AvgIpc) is 2.02. The minimum Gasteiger partial charge on any atom is -0.377 e. The fourth-order valence-electron chi connectivity index (χ4n) is 0.949. The standard InChI is InChI=1S/C10H21NO/c1-5-10(8-11-4)12-7-6-9(2)3/h10-11H,2,5-8H2,1,3-4H3. The summed E-state index contributed by atoms with van der Waals surface area (Å²) >= 11 is 0. The minimum atomic E-state index is 0.356. The van der Waals surface area contributed by atoms with E-state index in [0.717, 1.165) is 26.0 Å². The fraction of sp³-hybridized carbons (Fsp3) is 0.800. The molecule has 0 amide bonds. The molecule has 0 aromatic rings. The zero-order chi connectivity index (χ0) is 9.40. The average molecular weight is 171 g/mol. The van der Waals surface area contributed by atoms with Gasteiger partial charge in [-0.25, -0.2) is 0 Å². The molecule has 0 aromatic heterocycles. The number of hydrogen-bond acceptors (Lipinski definition) is 2. The molecule has 0 fully saturated rings. The quantitative estimate of drug-likeness (QED) is 0.591. The highest BCUT2D eigenvalue weighted by Crippen LogP contribution is 2.01. The van der Waals surface area contributed by atoms with Crippen molar-refractivity contribution in [1.29, 1.82) is 0 Å². The first-order valence-corrected chi connectivity index (χ1v) is 4.61. The highest BCUT2D eigenvalue weighted by Gasteiger charge is 2.03. The smallest absolute Gasteiger partial charge is 0.0696 e. The van der Waals surface area contributed by atoms with Crippen LogP contribution in [0.15, 0.2) is 12.2 Å². The molecule has 0 aromatic carbocycles. The zero-order valence-electron chi connectivity index (χ0n) is 8.52. The first-order chi connectivity index (χ1) is 5.70. The van der Waals surface area contributed by atoms with Crippen LogP contribution in [0.4, 0.5) is 0 Å². The van der Waals surface area contributed by atoms with E-state index in [1.165, 1.54) is 5.57 Å². The van der Waals surface area contributed by atoms with Crippen molar-refractivity contribution in [3.05, 3.63) is 12.2 Å². The molecule has 0 aliphatic carbocycles. The van der Waals surface area contributed by atoms with Gasteiger partial charge < -0.3 is 10.1 Å². The van der Waals surface area contributed by atoms with Gasteiger partial charge in [0.05, 0.1) is 12.7 Å². The first-order valence-electron chi connectivity index (χ1n) is 4.61. The van der Waals surface area contributed by atoms with E-state index in [4.69, 9.17) is 4.74 Å². The molecular weight excluding hydrogens is 150 g/mol. The molecule has 0 spiro atoms. The maximum absolute atomic E-state index is 5.62. The molecule has 12 heavy (non-hydrogen) atoms. The summed E-state index contributed by atoms with van der Waals surface area (Å²) in [7, 11) is 1.95. The summed E-state index contributed by atoms with van der Waals surface area (Å²) in [6.45, 7) is 9.74. The molecule has 72 valence electrons. The Hall–Kier alpha value is -0.340. The molecule has 2 nitrogen and oxygen atoms in total. The summed E-state index contributed by atoms with van der Waals surface area (Å²) in [6, 6.07) is 0. The van der Waals surface area contributed by atoms with Gasteiger partial charge in [0.15, 0.2) is 0 Å². The van der Waals surface area contributed by atoms with Crippen LogP contribution in [0, 0.1) is 0 Å². The predicted octanol–water partition coefficient (Wildman–Crippen LogP) is 1.97. The van der Waals surface area contributed by atoms with Gasteiger partial charge in [0, 0.05) is 6.54 Å². The molecule has 2 heteroatoms. The second-order valence-corrected chi connectivity index (χ2v) is 3.17. The molecule has 0 bridgehead atoms. The van der Waals surface area contributed by atoms with Crippen molar-refractivity contribution in [2.75, 3.05) is 20.2 Å². The van der Waals surface area contributed by atoms with Crippen LogP contribution in [0.2, 0.25) is 0 Å². The van der Waals surface area contributed by atoms with Crippen molar-refractivity contribution in [3.8, 4) is 0 Å². The van der Waals surface area contributed by atoms with E-state index < -0.39 is 0 Å². The summed E-state index contributed by atoms with van der Waals surface area (Å²) in [5.41, 5.74) is 1.19. The minimum absolute atomic E-state index is 0.356. The van der Waals surface area contributed by atoms with E-state index >= 15 is 0 Å². The van der Waals surface area contributed by atoms with Crippen LogP contribution in [0.25, 0.3) is 0 Å². The molecule has 0 radical (unpaired) electrons. The molecule has 1 N–H and O–H groups in total. The van der Waals surface area contributed by atoms with E-state index in [-0.39, 0.29) is 0 Å². The topological polar surface area (TPSA) is 21.3 Å². The molecule has 0 saturated heterocycles. The van der Waals surface area contributed by atoms with Crippen molar-refractivity contribution < 1.29 is 4.74 Å². The summed E-state index contributed by atoms with van der Waals surface area (Å²) in [5, 5.41) is 3.11. The highest BCUT2D eigenvalue weighted by molar-refractivity contribution is 4.87. The van der Waals surface area contributed by atoms with Gasteiger partial charge >= 0.3 is 0 Å². The normalized spacial score (nSPS) is 12.9. The summed E-state index contributed by atoms with van der Waals surface area (Å²) in [4.78, 5) is 0. The first kappa shape index (κ1) is 11.7. The van der Waals surface area contributed by atoms with Crippen molar-refractivity contribution in [1.82, 2.24) is 5.32 Å². The second-order valence-electron chi connectivity index (χ2n) is 3.17. The Balaban J connectivity index is 3.37. The summed E-state index contributed by atoms with van der Waals surface area (Å²) in [5.74, 6) is 0. The molecule has 1 atom stereocenters. The predicted molar refractivity (Wildman–Crippen MR) is 53.4 cm³/mol. The Labute approximate surface area is 76.0 Å². The second kappa shape index (κ2) is 7.32. The molecular formula is C10H21NO. The monoisotopic (exact) mass is 171 g/mol. The van der Waals surface area contributed by atoms with Gasteiger partial charge in [0.2, 0.25) is 0 Å². The lowest BCUT2D eigenvalue weighted by Gasteiger charge is -2.15. The van der Waals surface area contributed by atoms with Crippen LogP contribution < -0.4 is 5.32 Å². The SMILES string of the molecule is C=C(C)CCOC(CC)CNC. The lowest BCUT2D eigenvalue weighted by atomic mass is 10.2. The van der Waals surface area contributed by atoms with Gasteiger partial charge in [-0.1, -0.05) is 12.5 Å². The van der Waals surface area contributed by atoms with Crippen LogP contribution in [0.3, 0.4) is 0 Å². The number of likely N-dealkylation sites (N-methyl/N-ethyl adjacent to an activating group) is 1. The summed E-state index contributed by atoms with van der Waals surface area (Å²) in [6.07, 6.45) is 2.39. The van der Waals surface area contributed by atoms with Gasteiger partial charge in [-0.2, -0.15) is 0 Å². The van der Waals surface area contributed by atoms with Crippen molar-refractivity contribution in [2.24, 2.45) is 0 Å². The lowest BCUT2D eigenvalue weighted by molar-refractivity contribution is 0.0542. The third-order valence-electron chi connectivity index (χ3n) is 1.77. The van der Waals surface area contributed by atoms with Crippen molar-refractivity contribution in [3.63, 3.8) is 0 Å². The highest BCUT2D eigenvalue weighted by atomic mass is 16.5. The van der Waals surface area contributed by atoms with Crippen molar-refractivity contribution in [2.45, 2.75) is 32.8 Å². The Morgan fingerprint density at radius 1 is 1.58 bits per heavy atom. The Morgan fingerprint density at radius 2 is 2.25 bits per heavy atom. The fourth-order valence-corrected chi connectivity index (χ4v) is 0.949.